The third-order valence-corrected chi connectivity index (χ3v) is 4.00. The Morgan fingerprint density at radius 2 is 1.90 bits per heavy atom. The lowest BCUT2D eigenvalue weighted by atomic mass is 9.89. The number of anilines is 1. The molecule has 0 aliphatic carbocycles. The normalized spacial score (nSPS) is 11.2. The fourth-order valence-electron chi connectivity index (χ4n) is 2.07. The van der Waals surface area contributed by atoms with E-state index in [4.69, 9.17) is 0 Å². The quantitative estimate of drug-likeness (QED) is 0.828. The Balaban J connectivity index is 2.56. The Morgan fingerprint density at radius 3 is 2.45 bits per heavy atom. The minimum atomic E-state index is -0.278. The van der Waals surface area contributed by atoms with Gasteiger partial charge < -0.3 is 10.2 Å². The Bertz CT molecular complexity index is 440. The van der Waals surface area contributed by atoms with Crippen molar-refractivity contribution in [1.29, 1.82) is 0 Å². The van der Waals surface area contributed by atoms with Crippen molar-refractivity contribution in [3.05, 3.63) is 29.8 Å². The van der Waals surface area contributed by atoms with Crippen LogP contribution in [0.3, 0.4) is 0 Å². The number of carbonyl (C=O) groups excluding carboxylic acids is 1. The second-order valence-corrected chi connectivity index (χ2v) is 5.86. The number of benzene rings is 1. The van der Waals surface area contributed by atoms with E-state index in [2.05, 4.69) is 48.3 Å². The predicted octanol–water partition coefficient (Wildman–Crippen LogP) is 3.37. The summed E-state index contributed by atoms with van der Waals surface area (Å²) < 4.78 is 0. The van der Waals surface area contributed by atoms with Gasteiger partial charge in [0.1, 0.15) is 0 Å². The summed E-state index contributed by atoms with van der Waals surface area (Å²) >= 11 is 0. The van der Waals surface area contributed by atoms with Crippen LogP contribution in [-0.4, -0.2) is 25.5 Å². The maximum atomic E-state index is 12.0. The van der Waals surface area contributed by atoms with Crippen molar-refractivity contribution in [1.82, 2.24) is 5.32 Å². The Kier molecular flexibility index (Phi) is 6.05. The van der Waals surface area contributed by atoms with Gasteiger partial charge in [0.05, 0.1) is 0 Å². The molecule has 1 amide bonds. The largest absolute Gasteiger partial charge is 0.370 e. The SMILES string of the molecule is CCN(CCNC(=O)C(C)(C)CC)c1ccccc1C. The maximum Gasteiger partial charge on any atom is 0.225 e. The molecular weight excluding hydrogens is 248 g/mol. The average molecular weight is 276 g/mol. The van der Waals surface area contributed by atoms with Crippen molar-refractivity contribution < 1.29 is 4.79 Å². The molecule has 0 aliphatic rings. The van der Waals surface area contributed by atoms with Crippen LogP contribution in [0.4, 0.5) is 5.69 Å². The standard InChI is InChI=1S/C17H28N2O/c1-6-17(4,5)16(20)18-12-13-19(7-2)15-11-9-8-10-14(15)3/h8-11H,6-7,12-13H2,1-5H3,(H,18,20). The molecule has 0 spiro atoms. The summed E-state index contributed by atoms with van der Waals surface area (Å²) in [6.45, 7) is 12.8. The van der Waals surface area contributed by atoms with E-state index in [1.54, 1.807) is 0 Å². The molecule has 0 aliphatic heterocycles. The van der Waals surface area contributed by atoms with Crippen LogP contribution in [0.25, 0.3) is 0 Å². The molecule has 0 unspecified atom stereocenters. The van der Waals surface area contributed by atoms with Crippen molar-refractivity contribution >= 4 is 11.6 Å². The first-order valence-electron chi connectivity index (χ1n) is 7.51. The van der Waals surface area contributed by atoms with E-state index >= 15 is 0 Å². The monoisotopic (exact) mass is 276 g/mol. The number of carbonyl (C=O) groups is 1. The maximum absolute atomic E-state index is 12.0. The second kappa shape index (κ2) is 7.32. The van der Waals surface area contributed by atoms with Gasteiger partial charge in [0.25, 0.3) is 0 Å². The summed E-state index contributed by atoms with van der Waals surface area (Å²) in [4.78, 5) is 14.3. The van der Waals surface area contributed by atoms with Gasteiger partial charge >= 0.3 is 0 Å². The van der Waals surface area contributed by atoms with Gasteiger partial charge in [0.2, 0.25) is 5.91 Å². The number of hydrogen-bond donors (Lipinski definition) is 1. The van der Waals surface area contributed by atoms with Crippen molar-refractivity contribution in [3.63, 3.8) is 0 Å². The first-order valence-corrected chi connectivity index (χ1v) is 7.51. The molecule has 1 aromatic carbocycles. The molecule has 1 aromatic rings. The molecule has 0 aromatic heterocycles. The van der Waals surface area contributed by atoms with Crippen LogP contribution < -0.4 is 10.2 Å². The van der Waals surface area contributed by atoms with E-state index < -0.39 is 0 Å². The Morgan fingerprint density at radius 1 is 1.25 bits per heavy atom. The fraction of sp³-hybridized carbons (Fsp3) is 0.588. The zero-order chi connectivity index (χ0) is 15.2. The van der Waals surface area contributed by atoms with Crippen LogP contribution in [0.2, 0.25) is 0 Å². The van der Waals surface area contributed by atoms with Crippen LogP contribution in [0.15, 0.2) is 24.3 Å². The lowest BCUT2D eigenvalue weighted by molar-refractivity contribution is -0.129. The van der Waals surface area contributed by atoms with E-state index in [1.165, 1.54) is 11.3 Å². The summed E-state index contributed by atoms with van der Waals surface area (Å²) in [7, 11) is 0. The first kappa shape index (κ1) is 16.5. The van der Waals surface area contributed by atoms with Crippen molar-refractivity contribution in [3.8, 4) is 0 Å². The molecule has 0 heterocycles. The van der Waals surface area contributed by atoms with Crippen LogP contribution in [0.5, 0.6) is 0 Å². The zero-order valence-corrected chi connectivity index (χ0v) is 13.5. The van der Waals surface area contributed by atoms with Gasteiger partial charge in [-0.25, -0.2) is 0 Å². The summed E-state index contributed by atoms with van der Waals surface area (Å²) in [6.07, 6.45) is 0.855. The minimum Gasteiger partial charge on any atom is -0.370 e. The molecule has 0 bridgehead atoms. The number of aryl methyl sites for hydroxylation is 1. The molecule has 3 nitrogen and oxygen atoms in total. The molecule has 0 fully saturated rings. The summed E-state index contributed by atoms with van der Waals surface area (Å²) in [5, 5.41) is 3.05. The lowest BCUT2D eigenvalue weighted by Gasteiger charge is -2.27. The van der Waals surface area contributed by atoms with Crippen molar-refractivity contribution in [2.45, 2.75) is 41.0 Å². The molecule has 1 rings (SSSR count). The number of amides is 1. The van der Waals surface area contributed by atoms with Gasteiger partial charge in [0, 0.05) is 30.7 Å². The van der Waals surface area contributed by atoms with E-state index in [0.29, 0.717) is 6.54 Å². The summed E-state index contributed by atoms with van der Waals surface area (Å²) in [5.41, 5.74) is 2.24. The Labute approximate surface area is 123 Å². The van der Waals surface area contributed by atoms with Gasteiger partial charge in [-0.05, 0) is 31.9 Å². The van der Waals surface area contributed by atoms with E-state index in [0.717, 1.165) is 19.5 Å². The lowest BCUT2D eigenvalue weighted by Crippen LogP contribution is -2.41. The fourth-order valence-corrected chi connectivity index (χ4v) is 2.07. The molecular formula is C17H28N2O. The molecule has 0 radical (unpaired) electrons. The topological polar surface area (TPSA) is 32.3 Å². The number of rotatable bonds is 7. The highest BCUT2D eigenvalue weighted by Crippen LogP contribution is 2.20. The van der Waals surface area contributed by atoms with E-state index in [9.17, 15) is 4.79 Å². The van der Waals surface area contributed by atoms with Crippen LogP contribution in [-0.2, 0) is 4.79 Å². The molecule has 112 valence electrons. The van der Waals surface area contributed by atoms with E-state index in [1.807, 2.05) is 20.8 Å². The van der Waals surface area contributed by atoms with Gasteiger partial charge in [-0.2, -0.15) is 0 Å². The van der Waals surface area contributed by atoms with Crippen LogP contribution in [0.1, 0.15) is 39.7 Å². The highest BCUT2D eigenvalue weighted by Gasteiger charge is 2.24. The highest BCUT2D eigenvalue weighted by atomic mass is 16.2. The van der Waals surface area contributed by atoms with E-state index in [-0.39, 0.29) is 11.3 Å². The number of para-hydroxylation sites is 1. The Hall–Kier alpha value is -1.51. The van der Waals surface area contributed by atoms with Gasteiger partial charge in [-0.15, -0.1) is 0 Å². The molecule has 0 saturated carbocycles. The van der Waals surface area contributed by atoms with Crippen molar-refractivity contribution in [2.75, 3.05) is 24.5 Å². The van der Waals surface area contributed by atoms with Gasteiger partial charge in [0.15, 0.2) is 0 Å². The average Bonchev–Trinajstić information content (AvgIpc) is 2.44. The summed E-state index contributed by atoms with van der Waals surface area (Å²) in [6, 6.07) is 8.37. The molecule has 3 heteroatoms. The molecule has 0 atom stereocenters. The van der Waals surface area contributed by atoms with Crippen LogP contribution in [0, 0.1) is 12.3 Å². The smallest absolute Gasteiger partial charge is 0.225 e. The third-order valence-electron chi connectivity index (χ3n) is 4.00. The molecule has 20 heavy (non-hydrogen) atoms. The molecule has 0 saturated heterocycles. The number of nitrogens with zero attached hydrogens (tertiary/aromatic N) is 1. The zero-order valence-electron chi connectivity index (χ0n) is 13.5. The number of likely N-dealkylation sites (N-methyl/N-ethyl adjacent to an activating group) is 1. The summed E-state index contributed by atoms with van der Waals surface area (Å²) in [5.74, 6) is 0.140. The number of hydrogen-bond acceptors (Lipinski definition) is 2. The van der Waals surface area contributed by atoms with Gasteiger partial charge in [-0.3, -0.25) is 4.79 Å². The third kappa shape index (κ3) is 4.26. The minimum absolute atomic E-state index is 0.140. The number of nitrogens with one attached hydrogen (secondary N) is 1. The molecule has 1 N–H and O–H groups in total. The second-order valence-electron chi connectivity index (χ2n) is 5.86. The van der Waals surface area contributed by atoms with Gasteiger partial charge in [-0.1, -0.05) is 39.0 Å². The van der Waals surface area contributed by atoms with Crippen molar-refractivity contribution in [2.24, 2.45) is 5.41 Å². The first-order chi connectivity index (χ1) is 9.42. The highest BCUT2D eigenvalue weighted by molar-refractivity contribution is 5.81. The van der Waals surface area contributed by atoms with Crippen LogP contribution >= 0.6 is 0 Å². The predicted molar refractivity (Wildman–Crippen MR) is 86.1 cm³/mol.